The van der Waals surface area contributed by atoms with Crippen LogP contribution in [0.2, 0.25) is 0 Å². The number of carbonyl (C=O) groups excluding carboxylic acids is 2. The van der Waals surface area contributed by atoms with E-state index in [4.69, 9.17) is 0 Å². The number of hydrogen-bond donors (Lipinski definition) is 1. The smallest absolute Gasteiger partial charge is 0.288 e. The van der Waals surface area contributed by atoms with Gasteiger partial charge in [-0.1, -0.05) is 27.7 Å². The Morgan fingerprint density at radius 2 is 1.85 bits per heavy atom. The summed E-state index contributed by atoms with van der Waals surface area (Å²) in [6.45, 7) is 1.75. The molecule has 0 unspecified atom stereocenters. The Bertz CT molecular complexity index is 800. The highest BCUT2D eigenvalue weighted by atomic mass is 79.9. The highest BCUT2D eigenvalue weighted by Crippen LogP contribution is 2.25. The first-order valence-electron chi connectivity index (χ1n) is 7.62. The van der Waals surface area contributed by atoms with Gasteiger partial charge in [0, 0.05) is 27.7 Å². The second kappa shape index (κ2) is 9.14. The maximum Gasteiger partial charge on any atom is 0.288 e. The van der Waals surface area contributed by atoms with Gasteiger partial charge in [-0.15, -0.1) is 0 Å². The van der Waals surface area contributed by atoms with E-state index in [1.165, 1.54) is 36.2 Å². The molecule has 26 heavy (non-hydrogen) atoms. The molecule has 0 radical (unpaired) electrons. The van der Waals surface area contributed by atoms with Crippen molar-refractivity contribution < 1.29 is 18.4 Å². The predicted octanol–water partition coefficient (Wildman–Crippen LogP) is 4.78. The number of benzene rings is 2. The standard InChI is InChI=1S/C18H17BrF2N2O2S/c1-11-9-13(19)5-8-15(11)22-16(24)10-23(2)17(25)12-3-6-14(7-4-12)26-18(20)21/h3-9,18H,10H2,1-2H3,(H,22,24). The number of carbonyl (C=O) groups is 2. The lowest BCUT2D eigenvalue weighted by atomic mass is 10.2. The summed E-state index contributed by atoms with van der Waals surface area (Å²) < 4.78 is 25.6. The van der Waals surface area contributed by atoms with Crippen LogP contribution >= 0.6 is 27.7 Å². The van der Waals surface area contributed by atoms with Gasteiger partial charge in [-0.2, -0.15) is 8.78 Å². The molecule has 0 spiro atoms. The molecule has 0 saturated heterocycles. The molecule has 0 aromatic heterocycles. The molecule has 4 nitrogen and oxygen atoms in total. The third kappa shape index (κ3) is 5.81. The van der Waals surface area contributed by atoms with E-state index < -0.39 is 5.76 Å². The molecule has 2 aromatic rings. The van der Waals surface area contributed by atoms with Crippen LogP contribution in [0.15, 0.2) is 51.8 Å². The lowest BCUT2D eigenvalue weighted by Crippen LogP contribution is -2.35. The van der Waals surface area contributed by atoms with E-state index in [1.807, 2.05) is 19.1 Å². The lowest BCUT2D eigenvalue weighted by molar-refractivity contribution is -0.116. The van der Waals surface area contributed by atoms with Gasteiger partial charge >= 0.3 is 0 Å². The summed E-state index contributed by atoms with van der Waals surface area (Å²) in [6.07, 6.45) is 0. The summed E-state index contributed by atoms with van der Waals surface area (Å²) in [5, 5.41) is 2.77. The van der Waals surface area contributed by atoms with Crippen molar-refractivity contribution in [1.29, 1.82) is 0 Å². The molecule has 0 bridgehead atoms. The molecule has 0 atom stereocenters. The van der Waals surface area contributed by atoms with Gasteiger partial charge in [0.25, 0.3) is 11.7 Å². The Labute approximate surface area is 163 Å². The number of amides is 2. The van der Waals surface area contributed by atoms with E-state index in [0.29, 0.717) is 27.9 Å². The molecule has 138 valence electrons. The van der Waals surface area contributed by atoms with Crippen LogP contribution in [0.25, 0.3) is 0 Å². The Morgan fingerprint density at radius 1 is 1.19 bits per heavy atom. The molecule has 8 heteroatoms. The number of rotatable bonds is 6. The van der Waals surface area contributed by atoms with E-state index in [-0.39, 0.29) is 18.4 Å². The van der Waals surface area contributed by atoms with Gasteiger partial charge in [0.05, 0.1) is 6.54 Å². The Hall–Kier alpha value is -1.93. The molecular formula is C18H17BrF2N2O2S. The minimum atomic E-state index is -2.51. The van der Waals surface area contributed by atoms with Crippen LogP contribution in [0.1, 0.15) is 15.9 Å². The summed E-state index contributed by atoms with van der Waals surface area (Å²) in [5.74, 6) is -3.19. The summed E-state index contributed by atoms with van der Waals surface area (Å²) >= 11 is 3.77. The monoisotopic (exact) mass is 442 g/mol. The fourth-order valence-electron chi connectivity index (χ4n) is 2.24. The van der Waals surface area contributed by atoms with Gasteiger partial charge < -0.3 is 10.2 Å². The van der Waals surface area contributed by atoms with Gasteiger partial charge in [-0.25, -0.2) is 0 Å². The average Bonchev–Trinajstić information content (AvgIpc) is 2.57. The van der Waals surface area contributed by atoms with E-state index in [1.54, 1.807) is 6.07 Å². The SMILES string of the molecule is Cc1cc(Br)ccc1NC(=O)CN(C)C(=O)c1ccc(SC(F)F)cc1. The maximum absolute atomic E-state index is 12.4. The van der Waals surface area contributed by atoms with Crippen LogP contribution in [0.5, 0.6) is 0 Å². The van der Waals surface area contributed by atoms with Crippen LogP contribution in [-0.2, 0) is 4.79 Å². The Balaban J connectivity index is 1.96. The third-order valence-corrected chi connectivity index (χ3v) is 4.73. The van der Waals surface area contributed by atoms with Gasteiger partial charge in [-0.3, -0.25) is 9.59 Å². The van der Waals surface area contributed by atoms with Crippen molar-refractivity contribution in [3.05, 3.63) is 58.1 Å². The number of anilines is 1. The topological polar surface area (TPSA) is 49.4 Å². The fourth-order valence-corrected chi connectivity index (χ4v) is 3.22. The van der Waals surface area contributed by atoms with Crippen molar-refractivity contribution in [3.63, 3.8) is 0 Å². The zero-order valence-corrected chi connectivity index (χ0v) is 16.5. The molecular weight excluding hydrogens is 426 g/mol. The number of aryl methyl sites for hydroxylation is 1. The largest absolute Gasteiger partial charge is 0.332 e. The lowest BCUT2D eigenvalue weighted by Gasteiger charge is -2.17. The van der Waals surface area contributed by atoms with Crippen LogP contribution in [0.3, 0.4) is 0 Å². The highest BCUT2D eigenvalue weighted by molar-refractivity contribution is 9.10. The number of nitrogens with one attached hydrogen (secondary N) is 1. The van der Waals surface area contributed by atoms with Crippen molar-refractivity contribution >= 4 is 45.2 Å². The summed E-state index contributed by atoms with van der Waals surface area (Å²) in [4.78, 5) is 26.2. The number of alkyl halides is 2. The van der Waals surface area contributed by atoms with E-state index >= 15 is 0 Å². The molecule has 0 fully saturated rings. The molecule has 0 aliphatic heterocycles. The summed E-state index contributed by atoms with van der Waals surface area (Å²) in [6, 6.07) is 11.3. The van der Waals surface area contributed by atoms with E-state index in [2.05, 4.69) is 21.2 Å². The van der Waals surface area contributed by atoms with Gasteiger partial charge in [0.2, 0.25) is 5.91 Å². The second-order valence-corrected chi connectivity index (χ2v) is 7.55. The first kappa shape index (κ1) is 20.4. The number of nitrogens with zero attached hydrogens (tertiary/aromatic N) is 1. The number of thioether (sulfide) groups is 1. The van der Waals surface area contributed by atoms with Crippen molar-refractivity contribution in [2.45, 2.75) is 17.6 Å². The zero-order chi connectivity index (χ0) is 19.3. The molecule has 2 rings (SSSR count). The first-order chi connectivity index (χ1) is 12.3. The average molecular weight is 443 g/mol. The number of hydrogen-bond acceptors (Lipinski definition) is 3. The summed E-state index contributed by atoms with van der Waals surface area (Å²) in [5.41, 5.74) is 1.90. The maximum atomic E-state index is 12.4. The van der Waals surface area contributed by atoms with Gasteiger partial charge in [-0.05, 0) is 55.0 Å². The Kier molecular flexibility index (Phi) is 7.16. The fraction of sp³-hybridized carbons (Fsp3) is 0.222. The highest BCUT2D eigenvalue weighted by Gasteiger charge is 2.16. The van der Waals surface area contributed by atoms with Crippen LogP contribution in [-0.4, -0.2) is 36.1 Å². The molecule has 0 heterocycles. The van der Waals surface area contributed by atoms with Crippen molar-refractivity contribution in [2.75, 3.05) is 18.9 Å². The van der Waals surface area contributed by atoms with Gasteiger partial charge in [0.15, 0.2) is 0 Å². The van der Waals surface area contributed by atoms with E-state index in [0.717, 1.165) is 10.0 Å². The number of likely N-dealkylation sites (N-methyl/N-ethyl adjacent to an activating group) is 1. The van der Waals surface area contributed by atoms with Crippen LogP contribution in [0, 0.1) is 6.92 Å². The molecule has 0 aliphatic carbocycles. The molecule has 2 amide bonds. The predicted molar refractivity (Wildman–Crippen MR) is 103 cm³/mol. The van der Waals surface area contributed by atoms with Crippen LogP contribution < -0.4 is 5.32 Å². The van der Waals surface area contributed by atoms with Gasteiger partial charge in [0.1, 0.15) is 0 Å². The van der Waals surface area contributed by atoms with Crippen molar-refractivity contribution in [1.82, 2.24) is 4.90 Å². The number of halogens is 3. The normalized spacial score (nSPS) is 10.7. The van der Waals surface area contributed by atoms with E-state index in [9.17, 15) is 18.4 Å². The van der Waals surface area contributed by atoms with Crippen molar-refractivity contribution in [3.8, 4) is 0 Å². The third-order valence-electron chi connectivity index (χ3n) is 3.52. The minimum absolute atomic E-state index is 0.123. The molecule has 1 N–H and O–H groups in total. The first-order valence-corrected chi connectivity index (χ1v) is 9.30. The summed E-state index contributed by atoms with van der Waals surface area (Å²) in [7, 11) is 1.51. The van der Waals surface area contributed by atoms with Crippen molar-refractivity contribution in [2.24, 2.45) is 0 Å². The Morgan fingerprint density at radius 3 is 2.42 bits per heavy atom. The minimum Gasteiger partial charge on any atom is -0.332 e. The molecule has 0 aliphatic rings. The quantitative estimate of drug-likeness (QED) is 0.654. The van der Waals surface area contributed by atoms with Crippen LogP contribution in [0.4, 0.5) is 14.5 Å². The second-order valence-electron chi connectivity index (χ2n) is 5.57. The molecule has 0 saturated carbocycles. The zero-order valence-electron chi connectivity index (χ0n) is 14.1. The molecule has 2 aromatic carbocycles.